The van der Waals surface area contributed by atoms with Crippen molar-refractivity contribution >= 4 is 11.7 Å². The summed E-state index contributed by atoms with van der Waals surface area (Å²) >= 11 is 0. The van der Waals surface area contributed by atoms with Crippen LogP contribution in [0.3, 0.4) is 0 Å². The van der Waals surface area contributed by atoms with Crippen LogP contribution >= 0.6 is 0 Å². The second-order valence-electron chi connectivity index (χ2n) is 3.00. The molecule has 1 aliphatic rings. The van der Waals surface area contributed by atoms with Gasteiger partial charge in [-0.1, -0.05) is 6.07 Å². The first-order valence-corrected chi connectivity index (χ1v) is 4.31. The average molecular weight is 177 g/mol. The first-order chi connectivity index (χ1) is 6.36. The summed E-state index contributed by atoms with van der Waals surface area (Å²) in [7, 11) is 0. The third-order valence-corrected chi connectivity index (χ3v) is 2.06. The van der Waals surface area contributed by atoms with E-state index in [0.717, 1.165) is 13.0 Å². The van der Waals surface area contributed by atoms with E-state index in [4.69, 9.17) is 0 Å². The van der Waals surface area contributed by atoms with Gasteiger partial charge in [0.2, 0.25) is 5.91 Å². The van der Waals surface area contributed by atoms with E-state index in [1.54, 1.807) is 12.3 Å². The molecular weight excluding hydrogens is 166 g/mol. The number of amides is 1. The fourth-order valence-electron chi connectivity index (χ4n) is 1.16. The van der Waals surface area contributed by atoms with Crippen LogP contribution in [0.25, 0.3) is 0 Å². The number of nitrogens with one attached hydrogen (secondary N) is 2. The van der Waals surface area contributed by atoms with Crippen molar-refractivity contribution in [3.05, 3.63) is 24.4 Å². The standard InChI is InChI=1S/C9H11N3O/c13-9(7-4-6-10-7)12-8-3-1-2-5-11-8/h1-3,5,7,10H,4,6H2,(H,11,12,13). The highest BCUT2D eigenvalue weighted by molar-refractivity contribution is 5.94. The number of hydrogen-bond donors (Lipinski definition) is 2. The molecule has 1 aromatic rings. The molecule has 2 N–H and O–H groups in total. The lowest BCUT2D eigenvalue weighted by Crippen LogP contribution is -2.50. The lowest BCUT2D eigenvalue weighted by atomic mass is 10.1. The van der Waals surface area contributed by atoms with Crippen LogP contribution in [0, 0.1) is 0 Å². The number of pyridine rings is 1. The number of carbonyl (C=O) groups excluding carboxylic acids is 1. The van der Waals surface area contributed by atoms with E-state index in [0.29, 0.717) is 5.82 Å². The number of nitrogens with zero attached hydrogens (tertiary/aromatic N) is 1. The third-order valence-electron chi connectivity index (χ3n) is 2.06. The molecule has 1 unspecified atom stereocenters. The van der Waals surface area contributed by atoms with Crippen molar-refractivity contribution in [2.45, 2.75) is 12.5 Å². The minimum absolute atomic E-state index is 0.00458. The normalized spacial score (nSPS) is 20.5. The Balaban J connectivity index is 1.94. The topological polar surface area (TPSA) is 54.0 Å². The number of hydrogen-bond acceptors (Lipinski definition) is 3. The zero-order chi connectivity index (χ0) is 9.10. The molecule has 4 heteroatoms. The summed E-state index contributed by atoms with van der Waals surface area (Å²) in [5, 5.41) is 5.76. The van der Waals surface area contributed by atoms with Crippen molar-refractivity contribution in [2.75, 3.05) is 11.9 Å². The fraction of sp³-hybridized carbons (Fsp3) is 0.333. The van der Waals surface area contributed by atoms with Gasteiger partial charge in [0.05, 0.1) is 6.04 Å². The van der Waals surface area contributed by atoms with Crippen LogP contribution in [-0.2, 0) is 4.79 Å². The summed E-state index contributed by atoms with van der Waals surface area (Å²) < 4.78 is 0. The summed E-state index contributed by atoms with van der Waals surface area (Å²) in [5.41, 5.74) is 0. The highest BCUT2D eigenvalue weighted by atomic mass is 16.2. The lowest BCUT2D eigenvalue weighted by Gasteiger charge is -2.25. The molecule has 0 bridgehead atoms. The summed E-state index contributed by atoms with van der Waals surface area (Å²) in [4.78, 5) is 15.4. The van der Waals surface area contributed by atoms with Crippen LogP contribution in [0.5, 0.6) is 0 Å². The molecule has 1 amide bonds. The molecule has 0 saturated carbocycles. The summed E-state index contributed by atoms with van der Waals surface area (Å²) in [5.74, 6) is 0.617. The monoisotopic (exact) mass is 177 g/mol. The van der Waals surface area contributed by atoms with Crippen LogP contribution in [0.2, 0.25) is 0 Å². The molecule has 1 fully saturated rings. The van der Waals surface area contributed by atoms with E-state index >= 15 is 0 Å². The van der Waals surface area contributed by atoms with Gasteiger partial charge in [0.15, 0.2) is 0 Å². The maximum Gasteiger partial charge on any atom is 0.242 e. The van der Waals surface area contributed by atoms with Crippen LogP contribution in [0.15, 0.2) is 24.4 Å². The van der Waals surface area contributed by atoms with Gasteiger partial charge in [0.25, 0.3) is 0 Å². The third kappa shape index (κ3) is 1.84. The Labute approximate surface area is 76.4 Å². The molecule has 0 spiro atoms. The minimum atomic E-state index is -0.0259. The molecular formula is C9H11N3O. The molecule has 68 valence electrons. The van der Waals surface area contributed by atoms with Crippen LogP contribution < -0.4 is 10.6 Å². The molecule has 1 aromatic heterocycles. The first kappa shape index (κ1) is 8.19. The Hall–Kier alpha value is -1.42. The largest absolute Gasteiger partial charge is 0.309 e. The molecule has 2 heterocycles. The van der Waals surface area contributed by atoms with Gasteiger partial charge in [0, 0.05) is 6.20 Å². The Kier molecular flexibility index (Phi) is 2.23. The molecule has 1 aliphatic heterocycles. The quantitative estimate of drug-likeness (QED) is 0.686. The SMILES string of the molecule is O=C(Nc1ccccn1)C1CCN1. The van der Waals surface area contributed by atoms with Gasteiger partial charge in [-0.15, -0.1) is 0 Å². The van der Waals surface area contributed by atoms with Gasteiger partial charge in [-0.05, 0) is 25.1 Å². The highest BCUT2D eigenvalue weighted by Gasteiger charge is 2.24. The van der Waals surface area contributed by atoms with E-state index < -0.39 is 0 Å². The molecule has 4 nitrogen and oxygen atoms in total. The summed E-state index contributed by atoms with van der Waals surface area (Å²) in [6.45, 7) is 0.931. The van der Waals surface area contributed by atoms with E-state index in [-0.39, 0.29) is 11.9 Å². The van der Waals surface area contributed by atoms with Crippen molar-refractivity contribution in [3.63, 3.8) is 0 Å². The predicted octanol–water partition coefficient (Wildman–Crippen LogP) is 0.382. The number of rotatable bonds is 2. The predicted molar refractivity (Wildman–Crippen MR) is 49.3 cm³/mol. The van der Waals surface area contributed by atoms with Gasteiger partial charge >= 0.3 is 0 Å². The van der Waals surface area contributed by atoms with Crippen molar-refractivity contribution in [3.8, 4) is 0 Å². The van der Waals surface area contributed by atoms with Crippen LogP contribution in [-0.4, -0.2) is 23.5 Å². The Morgan fingerprint density at radius 3 is 3.00 bits per heavy atom. The molecule has 0 aromatic carbocycles. The van der Waals surface area contributed by atoms with Gasteiger partial charge in [0.1, 0.15) is 5.82 Å². The average Bonchev–Trinajstić information content (AvgIpc) is 2.02. The maximum absolute atomic E-state index is 11.4. The number of aromatic nitrogens is 1. The van der Waals surface area contributed by atoms with Gasteiger partial charge in [-0.2, -0.15) is 0 Å². The number of carbonyl (C=O) groups is 1. The molecule has 1 atom stereocenters. The van der Waals surface area contributed by atoms with Gasteiger partial charge < -0.3 is 10.6 Å². The van der Waals surface area contributed by atoms with Crippen molar-refractivity contribution in [2.24, 2.45) is 0 Å². The molecule has 0 radical (unpaired) electrons. The van der Waals surface area contributed by atoms with E-state index in [2.05, 4.69) is 15.6 Å². The summed E-state index contributed by atoms with van der Waals surface area (Å²) in [6, 6.07) is 5.41. The zero-order valence-electron chi connectivity index (χ0n) is 7.16. The van der Waals surface area contributed by atoms with E-state index in [1.807, 2.05) is 12.1 Å². The minimum Gasteiger partial charge on any atom is -0.309 e. The van der Waals surface area contributed by atoms with E-state index in [1.165, 1.54) is 0 Å². The smallest absolute Gasteiger partial charge is 0.242 e. The van der Waals surface area contributed by atoms with E-state index in [9.17, 15) is 4.79 Å². The Morgan fingerprint density at radius 1 is 1.62 bits per heavy atom. The lowest BCUT2D eigenvalue weighted by molar-refractivity contribution is -0.119. The molecule has 0 aliphatic carbocycles. The zero-order valence-corrected chi connectivity index (χ0v) is 7.16. The molecule has 13 heavy (non-hydrogen) atoms. The fourth-order valence-corrected chi connectivity index (χ4v) is 1.16. The maximum atomic E-state index is 11.4. The number of anilines is 1. The van der Waals surface area contributed by atoms with Gasteiger partial charge in [-0.25, -0.2) is 4.98 Å². The first-order valence-electron chi connectivity index (χ1n) is 4.31. The Bertz CT molecular complexity index is 295. The van der Waals surface area contributed by atoms with Crippen molar-refractivity contribution in [1.29, 1.82) is 0 Å². The Morgan fingerprint density at radius 2 is 2.46 bits per heavy atom. The van der Waals surface area contributed by atoms with Gasteiger partial charge in [-0.3, -0.25) is 4.79 Å². The van der Waals surface area contributed by atoms with Crippen molar-refractivity contribution < 1.29 is 4.79 Å². The molecule has 2 rings (SSSR count). The van der Waals surface area contributed by atoms with Crippen molar-refractivity contribution in [1.82, 2.24) is 10.3 Å². The molecule has 1 saturated heterocycles. The van der Waals surface area contributed by atoms with Crippen LogP contribution in [0.1, 0.15) is 6.42 Å². The van der Waals surface area contributed by atoms with Crippen LogP contribution in [0.4, 0.5) is 5.82 Å². The highest BCUT2D eigenvalue weighted by Crippen LogP contribution is 2.06. The second-order valence-corrected chi connectivity index (χ2v) is 3.00. The summed E-state index contributed by atoms with van der Waals surface area (Å²) in [6.07, 6.45) is 2.57. The second kappa shape index (κ2) is 3.53.